The van der Waals surface area contributed by atoms with Crippen LogP contribution in [0, 0.1) is 12.3 Å². The fourth-order valence-electron chi connectivity index (χ4n) is 2.94. The van der Waals surface area contributed by atoms with Gasteiger partial charge in [0.05, 0.1) is 5.41 Å². The molecule has 0 saturated carbocycles. The lowest BCUT2D eigenvalue weighted by molar-refractivity contribution is -0.152. The Morgan fingerprint density at radius 1 is 1.35 bits per heavy atom. The van der Waals surface area contributed by atoms with Crippen molar-refractivity contribution in [2.24, 2.45) is 5.41 Å². The molecule has 1 aliphatic heterocycles. The van der Waals surface area contributed by atoms with Gasteiger partial charge in [-0.25, -0.2) is 0 Å². The number of rotatable bonds is 4. The number of hydrogen-bond acceptors (Lipinski definition) is 3. The Morgan fingerprint density at radius 2 is 2.00 bits per heavy atom. The van der Waals surface area contributed by atoms with Crippen LogP contribution < -0.4 is 0 Å². The molecule has 2 rings (SSSR count). The molecule has 1 saturated heterocycles. The summed E-state index contributed by atoms with van der Waals surface area (Å²) in [7, 11) is 0. The molecule has 1 aromatic carbocycles. The van der Waals surface area contributed by atoms with E-state index in [0.717, 1.165) is 24.2 Å². The molecule has 4 nitrogen and oxygen atoms in total. The van der Waals surface area contributed by atoms with Gasteiger partial charge in [0, 0.05) is 12.1 Å². The zero-order valence-corrected chi connectivity index (χ0v) is 12.2. The number of carboxylic acid groups (broad SMARTS) is 1. The third-order valence-corrected chi connectivity index (χ3v) is 4.57. The van der Waals surface area contributed by atoms with Crippen LogP contribution >= 0.6 is 0 Å². The first-order valence-electron chi connectivity index (χ1n) is 7.21. The fourth-order valence-corrected chi connectivity index (χ4v) is 2.94. The Morgan fingerprint density at radius 3 is 2.55 bits per heavy atom. The van der Waals surface area contributed by atoms with E-state index in [0.29, 0.717) is 31.6 Å². The molecule has 0 amide bonds. The second kappa shape index (κ2) is 5.83. The number of phenols is 1. The van der Waals surface area contributed by atoms with E-state index in [1.165, 1.54) is 0 Å². The predicted molar refractivity (Wildman–Crippen MR) is 77.7 cm³/mol. The Balaban J connectivity index is 2.01. The van der Waals surface area contributed by atoms with Gasteiger partial charge in [-0.15, -0.1) is 0 Å². The first-order valence-corrected chi connectivity index (χ1v) is 7.21. The quantitative estimate of drug-likeness (QED) is 0.888. The molecule has 0 spiro atoms. The molecule has 1 fully saturated rings. The number of carbonyl (C=O) groups is 1. The maximum atomic E-state index is 11.4. The van der Waals surface area contributed by atoms with Crippen LogP contribution in [0.25, 0.3) is 0 Å². The summed E-state index contributed by atoms with van der Waals surface area (Å²) in [6.45, 7) is 6.19. The lowest BCUT2D eigenvalue weighted by atomic mass is 9.76. The summed E-state index contributed by atoms with van der Waals surface area (Å²) in [6, 6.07) is 5.61. The van der Waals surface area contributed by atoms with Crippen molar-refractivity contribution in [2.75, 3.05) is 13.1 Å². The summed E-state index contributed by atoms with van der Waals surface area (Å²) >= 11 is 0. The van der Waals surface area contributed by atoms with Crippen molar-refractivity contribution in [2.45, 2.75) is 39.7 Å². The number of aromatic hydroxyl groups is 1. The fraction of sp³-hybridized carbons (Fsp3) is 0.562. The largest absolute Gasteiger partial charge is 0.508 e. The van der Waals surface area contributed by atoms with E-state index in [1.807, 2.05) is 26.0 Å². The Bertz CT molecular complexity index is 490. The van der Waals surface area contributed by atoms with Gasteiger partial charge in [0.15, 0.2) is 0 Å². The molecule has 20 heavy (non-hydrogen) atoms. The minimum atomic E-state index is -0.668. The number of carboxylic acids is 1. The number of piperidine rings is 1. The number of nitrogens with zero attached hydrogens (tertiary/aromatic N) is 1. The van der Waals surface area contributed by atoms with Crippen molar-refractivity contribution in [1.82, 2.24) is 4.90 Å². The molecular formula is C16H23NO3. The van der Waals surface area contributed by atoms with Gasteiger partial charge in [0.1, 0.15) is 5.75 Å². The van der Waals surface area contributed by atoms with Crippen LogP contribution in [0.5, 0.6) is 5.75 Å². The number of aliphatic carboxylic acids is 1. The molecule has 0 aliphatic carbocycles. The van der Waals surface area contributed by atoms with E-state index in [4.69, 9.17) is 0 Å². The van der Waals surface area contributed by atoms with Crippen molar-refractivity contribution in [3.63, 3.8) is 0 Å². The lowest BCUT2D eigenvalue weighted by Gasteiger charge is -2.38. The Hall–Kier alpha value is -1.55. The third-order valence-electron chi connectivity index (χ3n) is 4.57. The molecule has 1 aromatic rings. The number of phenolic OH excluding ortho intramolecular Hbond substituents is 1. The average molecular weight is 277 g/mol. The maximum absolute atomic E-state index is 11.4. The number of likely N-dealkylation sites (tertiary alicyclic amines) is 1. The zero-order chi connectivity index (χ0) is 14.8. The molecule has 2 N–H and O–H groups in total. The number of hydrogen-bond donors (Lipinski definition) is 2. The average Bonchev–Trinajstić information content (AvgIpc) is 2.43. The van der Waals surface area contributed by atoms with E-state index in [2.05, 4.69) is 4.90 Å². The van der Waals surface area contributed by atoms with E-state index in [9.17, 15) is 15.0 Å². The van der Waals surface area contributed by atoms with Gasteiger partial charge in [-0.05, 0) is 45.3 Å². The third kappa shape index (κ3) is 2.96. The highest BCUT2D eigenvalue weighted by molar-refractivity contribution is 5.74. The maximum Gasteiger partial charge on any atom is 0.309 e. The van der Waals surface area contributed by atoms with Crippen LogP contribution in [-0.2, 0) is 11.3 Å². The Kier molecular flexibility index (Phi) is 4.33. The van der Waals surface area contributed by atoms with Crippen LogP contribution in [0.1, 0.15) is 37.3 Å². The van der Waals surface area contributed by atoms with Gasteiger partial charge in [0.2, 0.25) is 0 Å². The summed E-state index contributed by atoms with van der Waals surface area (Å²) in [4.78, 5) is 13.6. The summed E-state index contributed by atoms with van der Waals surface area (Å²) < 4.78 is 0. The smallest absolute Gasteiger partial charge is 0.309 e. The van der Waals surface area contributed by atoms with Crippen LogP contribution in [0.3, 0.4) is 0 Å². The number of benzene rings is 1. The molecule has 0 unspecified atom stereocenters. The molecular weight excluding hydrogens is 254 g/mol. The standard InChI is InChI=1S/C16H23NO3/c1-3-16(15(19)20)6-8-17(9-7-16)11-13-10-12(2)4-5-14(13)18/h4-5,10,18H,3,6-9,11H2,1-2H3,(H,19,20). The topological polar surface area (TPSA) is 60.8 Å². The summed E-state index contributed by atoms with van der Waals surface area (Å²) in [5, 5.41) is 19.3. The van der Waals surface area contributed by atoms with Crippen LogP contribution in [0.15, 0.2) is 18.2 Å². The van der Waals surface area contributed by atoms with E-state index >= 15 is 0 Å². The molecule has 0 radical (unpaired) electrons. The molecule has 0 bridgehead atoms. The minimum Gasteiger partial charge on any atom is -0.508 e. The molecule has 0 aromatic heterocycles. The van der Waals surface area contributed by atoms with E-state index < -0.39 is 11.4 Å². The van der Waals surface area contributed by atoms with Gasteiger partial charge in [0.25, 0.3) is 0 Å². The first-order chi connectivity index (χ1) is 9.47. The second-order valence-electron chi connectivity index (χ2n) is 5.85. The van der Waals surface area contributed by atoms with Crippen LogP contribution in [0.2, 0.25) is 0 Å². The molecule has 1 heterocycles. The monoisotopic (exact) mass is 277 g/mol. The molecule has 1 aliphatic rings. The summed E-state index contributed by atoms with van der Waals surface area (Å²) in [6.07, 6.45) is 2.06. The van der Waals surface area contributed by atoms with Crippen molar-refractivity contribution in [3.8, 4) is 5.75 Å². The summed E-state index contributed by atoms with van der Waals surface area (Å²) in [5.74, 6) is -0.348. The van der Waals surface area contributed by atoms with Gasteiger partial charge >= 0.3 is 5.97 Å². The highest BCUT2D eigenvalue weighted by Crippen LogP contribution is 2.36. The van der Waals surface area contributed by atoms with Gasteiger partial charge in [-0.1, -0.05) is 24.6 Å². The van der Waals surface area contributed by atoms with Gasteiger partial charge in [-0.3, -0.25) is 9.69 Å². The van der Waals surface area contributed by atoms with Gasteiger partial charge < -0.3 is 10.2 Å². The van der Waals surface area contributed by atoms with Gasteiger partial charge in [-0.2, -0.15) is 0 Å². The molecule has 4 heteroatoms. The van der Waals surface area contributed by atoms with Crippen LogP contribution in [0.4, 0.5) is 0 Å². The normalized spacial score (nSPS) is 18.9. The van der Waals surface area contributed by atoms with Crippen molar-refractivity contribution >= 4 is 5.97 Å². The Labute approximate surface area is 120 Å². The SMILES string of the molecule is CCC1(C(=O)O)CCN(Cc2cc(C)ccc2O)CC1. The van der Waals surface area contributed by atoms with E-state index in [1.54, 1.807) is 6.07 Å². The lowest BCUT2D eigenvalue weighted by Crippen LogP contribution is -2.43. The predicted octanol–water partition coefficient (Wildman–Crippen LogP) is 2.78. The highest BCUT2D eigenvalue weighted by atomic mass is 16.4. The first kappa shape index (κ1) is 14.9. The van der Waals surface area contributed by atoms with Crippen molar-refractivity contribution in [1.29, 1.82) is 0 Å². The second-order valence-corrected chi connectivity index (χ2v) is 5.85. The highest BCUT2D eigenvalue weighted by Gasteiger charge is 2.39. The minimum absolute atomic E-state index is 0.321. The van der Waals surface area contributed by atoms with Crippen molar-refractivity contribution < 1.29 is 15.0 Å². The number of aryl methyl sites for hydroxylation is 1. The van der Waals surface area contributed by atoms with E-state index in [-0.39, 0.29) is 0 Å². The zero-order valence-electron chi connectivity index (χ0n) is 12.2. The molecule has 110 valence electrons. The summed E-state index contributed by atoms with van der Waals surface area (Å²) in [5.41, 5.74) is 1.50. The van der Waals surface area contributed by atoms with Crippen molar-refractivity contribution in [3.05, 3.63) is 29.3 Å². The molecule has 0 atom stereocenters. The van der Waals surface area contributed by atoms with Crippen LogP contribution in [-0.4, -0.2) is 34.2 Å².